The van der Waals surface area contributed by atoms with Crippen LogP contribution in [0.2, 0.25) is 0 Å². The molecule has 11 heteroatoms. The standard InChI is InChI=1S/C19H19N5O5S/c1-3-29-18(28)15-16(30-22-21-15)20-13(25)10-23-17(27)11-6-4-5-7-12(11)24-14(26)8-9-19(23,24)2/h4-7H,3,8-10H2,1-2H3,(H,20,25). The van der Waals surface area contributed by atoms with E-state index in [-0.39, 0.29) is 42.1 Å². The molecule has 2 aliphatic rings. The van der Waals surface area contributed by atoms with Gasteiger partial charge in [-0.2, -0.15) is 0 Å². The number of fused-ring (bicyclic) bond motifs is 3. The zero-order chi connectivity index (χ0) is 21.5. The first-order chi connectivity index (χ1) is 14.4. The minimum atomic E-state index is -0.949. The number of carbonyl (C=O) groups excluding carboxylic acids is 4. The Labute approximate surface area is 176 Å². The van der Waals surface area contributed by atoms with Gasteiger partial charge < -0.3 is 15.0 Å². The predicted octanol–water partition coefficient (Wildman–Crippen LogP) is 1.65. The second-order valence-corrected chi connectivity index (χ2v) is 7.83. The first kappa shape index (κ1) is 20.0. The number of nitrogens with zero attached hydrogens (tertiary/aromatic N) is 4. The molecule has 30 heavy (non-hydrogen) atoms. The summed E-state index contributed by atoms with van der Waals surface area (Å²) in [6.07, 6.45) is 0.692. The summed E-state index contributed by atoms with van der Waals surface area (Å²) >= 11 is 0.841. The molecule has 3 amide bonds. The Morgan fingerprint density at radius 2 is 2.07 bits per heavy atom. The van der Waals surface area contributed by atoms with E-state index in [1.807, 2.05) is 0 Å². The van der Waals surface area contributed by atoms with Crippen LogP contribution in [-0.4, -0.2) is 57.0 Å². The molecular weight excluding hydrogens is 410 g/mol. The van der Waals surface area contributed by atoms with E-state index in [0.29, 0.717) is 17.7 Å². The SMILES string of the molecule is CCOC(=O)c1nnsc1NC(=O)CN1C(=O)c2ccccc2N2C(=O)CCC12C. The van der Waals surface area contributed by atoms with Gasteiger partial charge in [0.25, 0.3) is 5.91 Å². The summed E-state index contributed by atoms with van der Waals surface area (Å²) in [6, 6.07) is 6.86. The van der Waals surface area contributed by atoms with E-state index >= 15 is 0 Å². The molecule has 2 aliphatic heterocycles. The van der Waals surface area contributed by atoms with E-state index in [1.165, 1.54) is 4.90 Å². The Hall–Kier alpha value is -3.34. The minimum Gasteiger partial charge on any atom is -0.461 e. The number of ether oxygens (including phenoxy) is 1. The van der Waals surface area contributed by atoms with Gasteiger partial charge in [-0.25, -0.2) is 4.79 Å². The van der Waals surface area contributed by atoms with Crippen LogP contribution in [0.5, 0.6) is 0 Å². The van der Waals surface area contributed by atoms with Crippen molar-refractivity contribution in [3.63, 3.8) is 0 Å². The van der Waals surface area contributed by atoms with Gasteiger partial charge in [0, 0.05) is 18.0 Å². The molecule has 10 nitrogen and oxygen atoms in total. The van der Waals surface area contributed by atoms with Crippen LogP contribution in [0.25, 0.3) is 0 Å². The van der Waals surface area contributed by atoms with E-state index < -0.39 is 17.5 Å². The van der Waals surface area contributed by atoms with Crippen LogP contribution >= 0.6 is 11.5 Å². The first-order valence-corrected chi connectivity index (χ1v) is 10.2. The lowest BCUT2D eigenvalue weighted by Crippen LogP contribution is -2.63. The van der Waals surface area contributed by atoms with Gasteiger partial charge in [0.15, 0.2) is 5.00 Å². The van der Waals surface area contributed by atoms with Crippen molar-refractivity contribution in [2.24, 2.45) is 0 Å². The van der Waals surface area contributed by atoms with Gasteiger partial charge in [-0.3, -0.25) is 19.3 Å². The summed E-state index contributed by atoms with van der Waals surface area (Å²) in [7, 11) is 0. The number of rotatable bonds is 5. The molecule has 4 rings (SSSR count). The Morgan fingerprint density at radius 3 is 2.83 bits per heavy atom. The van der Waals surface area contributed by atoms with Gasteiger partial charge >= 0.3 is 5.97 Å². The van der Waals surface area contributed by atoms with E-state index in [0.717, 1.165) is 11.5 Å². The number of hydrogen-bond donors (Lipinski definition) is 1. The molecular formula is C19H19N5O5S. The molecule has 1 atom stereocenters. The van der Waals surface area contributed by atoms with Gasteiger partial charge in [-0.1, -0.05) is 16.6 Å². The number of nitrogens with one attached hydrogen (secondary N) is 1. The number of anilines is 2. The Balaban J connectivity index is 1.60. The average molecular weight is 429 g/mol. The molecule has 2 aromatic rings. The summed E-state index contributed by atoms with van der Waals surface area (Å²) in [6.45, 7) is 3.30. The highest BCUT2D eigenvalue weighted by Gasteiger charge is 2.53. The second-order valence-electron chi connectivity index (χ2n) is 7.07. The Morgan fingerprint density at radius 1 is 1.30 bits per heavy atom. The first-order valence-electron chi connectivity index (χ1n) is 9.40. The summed E-state index contributed by atoms with van der Waals surface area (Å²) in [5, 5.41) is 6.43. The quantitative estimate of drug-likeness (QED) is 0.717. The molecule has 3 heterocycles. The summed E-state index contributed by atoms with van der Waals surface area (Å²) in [5.74, 6) is -1.65. The zero-order valence-corrected chi connectivity index (χ0v) is 17.2. The molecule has 1 aromatic carbocycles. The smallest absolute Gasteiger partial charge is 0.362 e. The Kier molecular flexibility index (Phi) is 4.98. The molecule has 156 valence electrons. The molecule has 1 unspecified atom stereocenters. The van der Waals surface area contributed by atoms with Crippen LogP contribution in [0.15, 0.2) is 24.3 Å². The second kappa shape index (κ2) is 7.48. The van der Waals surface area contributed by atoms with Crippen molar-refractivity contribution in [2.45, 2.75) is 32.4 Å². The van der Waals surface area contributed by atoms with Crippen molar-refractivity contribution in [1.29, 1.82) is 0 Å². The maximum absolute atomic E-state index is 13.2. The van der Waals surface area contributed by atoms with Crippen molar-refractivity contribution in [2.75, 3.05) is 23.4 Å². The number of carbonyl (C=O) groups is 4. The average Bonchev–Trinajstić information content (AvgIpc) is 3.30. The third kappa shape index (κ3) is 3.11. The van der Waals surface area contributed by atoms with Crippen LogP contribution in [0.4, 0.5) is 10.7 Å². The minimum absolute atomic E-state index is 0.0885. The summed E-state index contributed by atoms with van der Waals surface area (Å²) in [5.41, 5.74) is -0.116. The van der Waals surface area contributed by atoms with Crippen molar-refractivity contribution >= 4 is 45.9 Å². The van der Waals surface area contributed by atoms with Crippen molar-refractivity contribution in [3.8, 4) is 0 Å². The van der Waals surface area contributed by atoms with Crippen LogP contribution < -0.4 is 10.2 Å². The summed E-state index contributed by atoms with van der Waals surface area (Å²) in [4.78, 5) is 53.5. The third-order valence-electron chi connectivity index (χ3n) is 5.26. The zero-order valence-electron chi connectivity index (χ0n) is 16.4. The van der Waals surface area contributed by atoms with Crippen LogP contribution in [-0.2, 0) is 14.3 Å². The van der Waals surface area contributed by atoms with Crippen LogP contribution in [0, 0.1) is 0 Å². The van der Waals surface area contributed by atoms with Gasteiger partial charge in [0.2, 0.25) is 17.5 Å². The number of amides is 3. The molecule has 1 saturated heterocycles. The summed E-state index contributed by atoms with van der Waals surface area (Å²) < 4.78 is 8.59. The fourth-order valence-corrected chi connectivity index (χ4v) is 4.43. The molecule has 1 N–H and O–H groups in total. The van der Waals surface area contributed by atoms with Gasteiger partial charge in [0.1, 0.15) is 12.2 Å². The van der Waals surface area contributed by atoms with E-state index in [9.17, 15) is 19.2 Å². The number of esters is 1. The highest BCUT2D eigenvalue weighted by molar-refractivity contribution is 7.10. The number of benzene rings is 1. The van der Waals surface area contributed by atoms with Gasteiger partial charge in [0.05, 0.1) is 17.9 Å². The maximum Gasteiger partial charge on any atom is 0.362 e. The van der Waals surface area contributed by atoms with Crippen LogP contribution in [0.1, 0.15) is 47.5 Å². The Bertz CT molecular complexity index is 1050. The fourth-order valence-electron chi connectivity index (χ4n) is 3.86. The lowest BCUT2D eigenvalue weighted by atomic mass is 9.98. The highest BCUT2D eigenvalue weighted by Crippen LogP contribution is 2.43. The van der Waals surface area contributed by atoms with Gasteiger partial charge in [-0.05, 0) is 32.4 Å². The fraction of sp³-hybridized carbons (Fsp3) is 0.368. The molecule has 0 spiro atoms. The largest absolute Gasteiger partial charge is 0.461 e. The number of hydrogen-bond acceptors (Lipinski definition) is 8. The highest BCUT2D eigenvalue weighted by atomic mass is 32.1. The van der Waals surface area contributed by atoms with Gasteiger partial charge in [-0.15, -0.1) is 5.10 Å². The predicted molar refractivity (Wildman–Crippen MR) is 107 cm³/mol. The van der Waals surface area contributed by atoms with E-state index in [1.54, 1.807) is 43.0 Å². The maximum atomic E-state index is 13.2. The van der Waals surface area contributed by atoms with Crippen molar-refractivity contribution < 1.29 is 23.9 Å². The van der Waals surface area contributed by atoms with E-state index in [2.05, 4.69) is 14.9 Å². The molecule has 0 aliphatic carbocycles. The lowest BCUT2D eigenvalue weighted by Gasteiger charge is -2.48. The lowest BCUT2D eigenvalue weighted by molar-refractivity contribution is -0.120. The molecule has 0 saturated carbocycles. The molecule has 1 aromatic heterocycles. The topological polar surface area (TPSA) is 122 Å². The van der Waals surface area contributed by atoms with Crippen molar-refractivity contribution in [3.05, 3.63) is 35.5 Å². The van der Waals surface area contributed by atoms with Crippen molar-refractivity contribution in [1.82, 2.24) is 14.5 Å². The molecule has 0 radical (unpaired) electrons. The molecule has 0 bridgehead atoms. The monoisotopic (exact) mass is 429 g/mol. The van der Waals surface area contributed by atoms with E-state index in [4.69, 9.17) is 4.74 Å². The number of para-hydroxylation sites is 1. The third-order valence-corrected chi connectivity index (χ3v) is 5.90. The number of aromatic nitrogens is 2. The normalized spacial score (nSPS) is 20.1. The molecule has 1 fully saturated rings. The van der Waals surface area contributed by atoms with Crippen LogP contribution in [0.3, 0.4) is 0 Å².